The molecule has 0 bridgehead atoms. The van der Waals surface area contributed by atoms with E-state index in [0.29, 0.717) is 23.3 Å². The van der Waals surface area contributed by atoms with E-state index < -0.39 is 10.0 Å². The van der Waals surface area contributed by atoms with Gasteiger partial charge in [0, 0.05) is 45.3 Å². The highest BCUT2D eigenvalue weighted by Gasteiger charge is 2.40. The lowest BCUT2D eigenvalue weighted by Crippen LogP contribution is -2.63. The number of nitrogens with zero attached hydrogens (tertiary/aromatic N) is 3. The molecule has 0 amide bonds. The Bertz CT molecular complexity index is 545. The predicted octanol–water partition coefficient (Wildman–Crippen LogP) is -0.270. The molecule has 2 aliphatic rings. The summed E-state index contributed by atoms with van der Waals surface area (Å²) < 4.78 is 26.6. The second-order valence-corrected chi connectivity index (χ2v) is 8.36. The second kappa shape index (κ2) is 5.10. The molecule has 0 atom stereocenters. The molecular weight excluding hydrogens is 284 g/mol. The van der Waals surface area contributed by atoms with Gasteiger partial charge in [-0.2, -0.15) is 4.31 Å². The molecular formula is C11H18N4O2S2. The van der Waals surface area contributed by atoms with Gasteiger partial charge in [0.2, 0.25) is 0 Å². The fraction of sp³-hybridized carbons (Fsp3) is 0.727. The molecule has 1 N–H and O–H groups in total. The molecule has 0 spiro atoms. The molecule has 1 aromatic heterocycles. The maximum absolute atomic E-state index is 12.3. The number of nitrogens with one attached hydrogen (secondary N) is 1. The smallest absolute Gasteiger partial charge is 0.254 e. The molecule has 106 valence electrons. The highest BCUT2D eigenvalue weighted by Crippen LogP contribution is 2.27. The van der Waals surface area contributed by atoms with Gasteiger partial charge >= 0.3 is 0 Å². The van der Waals surface area contributed by atoms with Crippen LogP contribution in [0.25, 0.3) is 0 Å². The van der Waals surface area contributed by atoms with Crippen LogP contribution in [0.5, 0.6) is 0 Å². The molecule has 2 saturated heterocycles. The number of hydrogen-bond donors (Lipinski definition) is 1. The third-order valence-corrected chi connectivity index (χ3v) is 6.87. The fourth-order valence-corrected chi connectivity index (χ4v) is 5.26. The molecule has 2 fully saturated rings. The van der Waals surface area contributed by atoms with Crippen LogP contribution in [-0.4, -0.2) is 67.9 Å². The number of thiazole rings is 1. The highest BCUT2D eigenvalue weighted by molar-refractivity contribution is 7.91. The molecule has 3 heterocycles. The Labute approximate surface area is 117 Å². The molecule has 1 aromatic rings. The summed E-state index contributed by atoms with van der Waals surface area (Å²) in [6.07, 6.45) is 1.47. The largest absolute Gasteiger partial charge is 0.314 e. The van der Waals surface area contributed by atoms with E-state index in [1.54, 1.807) is 4.31 Å². The second-order valence-electron chi connectivity index (χ2n) is 4.96. The zero-order chi connectivity index (χ0) is 13.5. The lowest BCUT2D eigenvalue weighted by molar-refractivity contribution is 0.0774. The van der Waals surface area contributed by atoms with Gasteiger partial charge in [0.1, 0.15) is 0 Å². The molecule has 2 aliphatic heterocycles. The van der Waals surface area contributed by atoms with Crippen LogP contribution in [0.1, 0.15) is 5.01 Å². The highest BCUT2D eigenvalue weighted by atomic mass is 32.2. The number of sulfonamides is 1. The van der Waals surface area contributed by atoms with Crippen molar-refractivity contribution in [1.29, 1.82) is 0 Å². The Hall–Kier alpha value is -0.540. The Kier molecular flexibility index (Phi) is 3.61. The molecule has 19 heavy (non-hydrogen) atoms. The minimum absolute atomic E-state index is 0.365. The van der Waals surface area contributed by atoms with Crippen molar-refractivity contribution in [3.05, 3.63) is 11.2 Å². The molecule has 0 unspecified atom stereocenters. The third kappa shape index (κ3) is 2.55. The van der Waals surface area contributed by atoms with Crippen LogP contribution in [0.4, 0.5) is 0 Å². The topological polar surface area (TPSA) is 65.5 Å². The lowest BCUT2D eigenvalue weighted by Gasteiger charge is -2.45. The summed E-state index contributed by atoms with van der Waals surface area (Å²) in [5, 5.41) is 4.10. The number of aromatic nitrogens is 1. The summed E-state index contributed by atoms with van der Waals surface area (Å²) in [7, 11) is -3.31. The van der Waals surface area contributed by atoms with Gasteiger partial charge in [-0.1, -0.05) is 0 Å². The minimum atomic E-state index is -3.31. The monoisotopic (exact) mass is 302 g/mol. The van der Waals surface area contributed by atoms with E-state index in [2.05, 4.69) is 15.2 Å². The van der Waals surface area contributed by atoms with Crippen molar-refractivity contribution >= 4 is 21.4 Å². The summed E-state index contributed by atoms with van der Waals surface area (Å²) in [6, 6.07) is 0.380. The zero-order valence-electron chi connectivity index (χ0n) is 10.9. The van der Waals surface area contributed by atoms with Gasteiger partial charge in [0.05, 0.1) is 11.2 Å². The van der Waals surface area contributed by atoms with Crippen molar-refractivity contribution in [3.8, 4) is 0 Å². The van der Waals surface area contributed by atoms with Gasteiger partial charge in [-0.05, 0) is 6.92 Å². The van der Waals surface area contributed by atoms with Crippen molar-refractivity contribution in [2.24, 2.45) is 0 Å². The van der Waals surface area contributed by atoms with Crippen molar-refractivity contribution < 1.29 is 8.42 Å². The van der Waals surface area contributed by atoms with Gasteiger partial charge in [-0.3, -0.25) is 4.90 Å². The quantitative estimate of drug-likeness (QED) is 0.833. The lowest BCUT2D eigenvalue weighted by atomic mass is 10.1. The summed E-state index contributed by atoms with van der Waals surface area (Å²) in [6.45, 7) is 7.06. The molecule has 6 nitrogen and oxygen atoms in total. The number of aryl methyl sites for hydroxylation is 1. The predicted molar refractivity (Wildman–Crippen MR) is 73.8 cm³/mol. The first kappa shape index (κ1) is 13.4. The van der Waals surface area contributed by atoms with E-state index in [9.17, 15) is 8.42 Å². The van der Waals surface area contributed by atoms with Gasteiger partial charge in [-0.25, -0.2) is 13.4 Å². The van der Waals surface area contributed by atoms with Gasteiger partial charge in [0.15, 0.2) is 4.21 Å². The maximum Gasteiger partial charge on any atom is 0.254 e. The summed E-state index contributed by atoms with van der Waals surface area (Å²) in [5.74, 6) is 0. The Balaban J connectivity index is 1.63. The Morgan fingerprint density at radius 2 is 2.05 bits per heavy atom. The van der Waals surface area contributed by atoms with Crippen LogP contribution in [0.15, 0.2) is 10.4 Å². The molecule has 0 radical (unpaired) electrons. The number of hydrogen-bond acceptors (Lipinski definition) is 6. The normalized spacial score (nSPS) is 23.4. The summed E-state index contributed by atoms with van der Waals surface area (Å²) in [4.78, 5) is 6.40. The van der Waals surface area contributed by atoms with Gasteiger partial charge in [0.25, 0.3) is 10.0 Å². The molecule has 8 heteroatoms. The van der Waals surface area contributed by atoms with Crippen LogP contribution >= 0.6 is 11.3 Å². The van der Waals surface area contributed by atoms with E-state index in [0.717, 1.165) is 31.2 Å². The first-order valence-corrected chi connectivity index (χ1v) is 8.70. The van der Waals surface area contributed by atoms with E-state index in [4.69, 9.17) is 0 Å². The fourth-order valence-electron chi connectivity index (χ4n) is 2.48. The van der Waals surface area contributed by atoms with Crippen LogP contribution < -0.4 is 5.32 Å². The van der Waals surface area contributed by atoms with E-state index in [1.165, 1.54) is 17.5 Å². The molecule has 0 aliphatic carbocycles. The first-order valence-electron chi connectivity index (χ1n) is 6.45. The molecule has 0 aromatic carbocycles. The van der Waals surface area contributed by atoms with E-state index in [-0.39, 0.29) is 0 Å². The molecule has 3 rings (SSSR count). The van der Waals surface area contributed by atoms with E-state index in [1.807, 2.05) is 6.92 Å². The van der Waals surface area contributed by atoms with Crippen molar-refractivity contribution in [2.75, 3.05) is 39.3 Å². The average molecular weight is 302 g/mol. The van der Waals surface area contributed by atoms with Crippen molar-refractivity contribution in [2.45, 2.75) is 17.2 Å². The summed E-state index contributed by atoms with van der Waals surface area (Å²) >= 11 is 1.24. The van der Waals surface area contributed by atoms with Crippen molar-refractivity contribution in [3.63, 3.8) is 0 Å². The maximum atomic E-state index is 12.3. The SMILES string of the molecule is Cc1ncc(S(=O)(=O)N2CC(N3CCNCC3)C2)s1. The standard InChI is InChI=1S/C11H18N4O2S2/c1-9-13-6-11(18-9)19(16,17)15-7-10(8-15)14-4-2-12-3-5-14/h6,10,12H,2-5,7-8H2,1H3. The summed E-state index contributed by atoms with van der Waals surface area (Å²) in [5.41, 5.74) is 0. The van der Waals surface area contributed by atoms with Gasteiger partial charge in [-0.15, -0.1) is 11.3 Å². The van der Waals surface area contributed by atoms with Crippen molar-refractivity contribution in [1.82, 2.24) is 19.5 Å². The van der Waals surface area contributed by atoms with E-state index >= 15 is 0 Å². The minimum Gasteiger partial charge on any atom is -0.314 e. The van der Waals surface area contributed by atoms with Crippen LogP contribution in [0.2, 0.25) is 0 Å². The van der Waals surface area contributed by atoms with Crippen LogP contribution in [0, 0.1) is 6.92 Å². The van der Waals surface area contributed by atoms with Gasteiger partial charge < -0.3 is 5.32 Å². The number of rotatable bonds is 3. The van der Waals surface area contributed by atoms with Crippen LogP contribution in [-0.2, 0) is 10.0 Å². The Morgan fingerprint density at radius 1 is 1.37 bits per heavy atom. The van der Waals surface area contributed by atoms with Crippen LogP contribution in [0.3, 0.4) is 0 Å². The first-order chi connectivity index (χ1) is 9.07. The molecule has 0 saturated carbocycles. The average Bonchev–Trinajstić information content (AvgIpc) is 2.76. The number of piperazine rings is 1. The zero-order valence-corrected chi connectivity index (χ0v) is 12.5. The third-order valence-electron chi connectivity index (χ3n) is 3.69. The Morgan fingerprint density at radius 3 is 2.63 bits per heavy atom.